The van der Waals surface area contributed by atoms with E-state index in [4.69, 9.17) is 10.5 Å². The van der Waals surface area contributed by atoms with Gasteiger partial charge in [-0.15, -0.1) is 0 Å². The van der Waals surface area contributed by atoms with E-state index in [0.717, 1.165) is 18.6 Å². The summed E-state index contributed by atoms with van der Waals surface area (Å²) in [5, 5.41) is 3.11. The quantitative estimate of drug-likeness (QED) is 0.806. The van der Waals surface area contributed by atoms with Crippen molar-refractivity contribution in [2.24, 2.45) is 5.92 Å². The molecule has 1 aliphatic heterocycles. The van der Waals surface area contributed by atoms with Gasteiger partial charge in [-0.05, 0) is 36.8 Å². The first-order valence-electron chi connectivity index (χ1n) is 6.98. The highest BCUT2D eigenvalue weighted by molar-refractivity contribution is 5.80. The molecule has 3 N–H and O–H groups in total. The van der Waals surface area contributed by atoms with E-state index in [2.05, 4.69) is 5.32 Å². The summed E-state index contributed by atoms with van der Waals surface area (Å²) in [7, 11) is 0. The number of rotatable bonds is 4. The number of carbonyl (C=O) groups is 1. The van der Waals surface area contributed by atoms with Crippen molar-refractivity contribution in [1.29, 1.82) is 0 Å². The lowest BCUT2D eigenvalue weighted by molar-refractivity contribution is -0.121. The van der Waals surface area contributed by atoms with Crippen LogP contribution >= 0.6 is 0 Å². The van der Waals surface area contributed by atoms with Crippen molar-refractivity contribution in [3.05, 3.63) is 29.8 Å². The number of hydrogen-bond acceptors (Lipinski definition) is 3. The van der Waals surface area contributed by atoms with E-state index in [0.29, 0.717) is 18.0 Å². The third kappa shape index (κ3) is 2.89. The lowest BCUT2D eigenvalue weighted by Gasteiger charge is -2.19. The summed E-state index contributed by atoms with van der Waals surface area (Å²) in [6.45, 7) is 0.763. The third-order valence-electron chi connectivity index (χ3n) is 3.97. The summed E-state index contributed by atoms with van der Waals surface area (Å²) >= 11 is 0. The number of nitrogens with two attached hydrogens (primary N) is 1. The average molecular weight is 260 g/mol. The minimum Gasteiger partial charge on any atom is -0.398 e. The predicted octanol–water partition coefficient (Wildman–Crippen LogP) is 1.49. The molecule has 1 amide bonds. The number of anilines is 1. The van der Waals surface area contributed by atoms with Gasteiger partial charge in [0.2, 0.25) is 5.91 Å². The molecule has 1 aliphatic carbocycles. The van der Waals surface area contributed by atoms with E-state index in [1.54, 1.807) is 0 Å². The minimum absolute atomic E-state index is 0.0408. The van der Waals surface area contributed by atoms with Crippen molar-refractivity contribution in [2.75, 3.05) is 12.3 Å². The van der Waals surface area contributed by atoms with Gasteiger partial charge in [0, 0.05) is 12.3 Å². The fraction of sp³-hybridized carbons (Fsp3) is 0.533. The topological polar surface area (TPSA) is 64.4 Å². The molecule has 1 saturated carbocycles. The monoisotopic (exact) mass is 260 g/mol. The first kappa shape index (κ1) is 12.5. The van der Waals surface area contributed by atoms with E-state index < -0.39 is 0 Å². The normalized spacial score (nSPS) is 26.3. The number of amides is 1. The van der Waals surface area contributed by atoms with Gasteiger partial charge in [-0.25, -0.2) is 0 Å². The zero-order chi connectivity index (χ0) is 13.2. The van der Waals surface area contributed by atoms with Crippen molar-refractivity contribution >= 4 is 11.6 Å². The van der Waals surface area contributed by atoms with Crippen LogP contribution < -0.4 is 11.1 Å². The third-order valence-corrected chi connectivity index (χ3v) is 3.97. The van der Waals surface area contributed by atoms with Gasteiger partial charge < -0.3 is 15.8 Å². The lowest BCUT2D eigenvalue weighted by Crippen LogP contribution is -2.42. The molecule has 0 bridgehead atoms. The van der Waals surface area contributed by atoms with Crippen LogP contribution in [0.15, 0.2) is 24.3 Å². The van der Waals surface area contributed by atoms with Crippen molar-refractivity contribution in [2.45, 2.75) is 37.8 Å². The highest BCUT2D eigenvalue weighted by Gasteiger charge is 2.41. The average Bonchev–Trinajstić information content (AvgIpc) is 3.13. The largest absolute Gasteiger partial charge is 0.398 e. The molecule has 102 valence electrons. The minimum atomic E-state index is 0.0408. The Morgan fingerprint density at radius 1 is 1.32 bits per heavy atom. The van der Waals surface area contributed by atoms with Crippen LogP contribution in [-0.4, -0.2) is 24.7 Å². The molecule has 1 aromatic rings. The van der Waals surface area contributed by atoms with Crippen molar-refractivity contribution in [1.82, 2.24) is 5.32 Å². The second kappa shape index (κ2) is 5.21. The second-order valence-corrected chi connectivity index (χ2v) is 5.51. The van der Waals surface area contributed by atoms with Crippen LogP contribution in [0.25, 0.3) is 0 Å². The molecule has 3 rings (SSSR count). The molecule has 0 radical (unpaired) electrons. The first-order valence-corrected chi connectivity index (χ1v) is 6.98. The van der Waals surface area contributed by atoms with Crippen LogP contribution in [0.5, 0.6) is 0 Å². The van der Waals surface area contributed by atoms with Crippen LogP contribution in [-0.2, 0) is 16.0 Å². The highest BCUT2D eigenvalue weighted by Crippen LogP contribution is 2.38. The lowest BCUT2D eigenvalue weighted by atomic mass is 10.0. The Labute approximate surface area is 113 Å². The van der Waals surface area contributed by atoms with Crippen molar-refractivity contribution < 1.29 is 9.53 Å². The van der Waals surface area contributed by atoms with Crippen molar-refractivity contribution in [3.63, 3.8) is 0 Å². The maximum Gasteiger partial charge on any atom is 0.224 e. The van der Waals surface area contributed by atoms with E-state index in [1.165, 1.54) is 12.8 Å². The molecule has 1 aromatic carbocycles. The number of ether oxygens (including phenoxy) is 1. The molecule has 2 aliphatic rings. The predicted molar refractivity (Wildman–Crippen MR) is 73.6 cm³/mol. The zero-order valence-corrected chi connectivity index (χ0v) is 11.0. The van der Waals surface area contributed by atoms with Gasteiger partial charge in [0.05, 0.1) is 18.6 Å². The van der Waals surface area contributed by atoms with Gasteiger partial charge in [0.25, 0.3) is 0 Å². The van der Waals surface area contributed by atoms with E-state index >= 15 is 0 Å². The first-order chi connectivity index (χ1) is 9.24. The van der Waals surface area contributed by atoms with Crippen LogP contribution in [0, 0.1) is 5.92 Å². The number of nitrogen functional groups attached to an aromatic ring is 1. The highest BCUT2D eigenvalue weighted by atomic mass is 16.5. The van der Waals surface area contributed by atoms with Gasteiger partial charge in [0.15, 0.2) is 0 Å². The van der Waals surface area contributed by atoms with Crippen LogP contribution in [0.1, 0.15) is 24.8 Å². The molecule has 2 fully saturated rings. The molecule has 0 aromatic heterocycles. The Morgan fingerprint density at radius 3 is 2.84 bits per heavy atom. The number of para-hydroxylation sites is 1. The molecule has 4 heteroatoms. The summed E-state index contributed by atoms with van der Waals surface area (Å²) in [6, 6.07) is 7.70. The Hall–Kier alpha value is -1.55. The molecule has 2 unspecified atom stereocenters. The molecular weight excluding hydrogens is 240 g/mol. The molecule has 0 spiro atoms. The summed E-state index contributed by atoms with van der Waals surface area (Å²) in [5.41, 5.74) is 7.43. The Bertz CT molecular complexity index is 471. The molecule has 19 heavy (non-hydrogen) atoms. The second-order valence-electron chi connectivity index (χ2n) is 5.51. The smallest absolute Gasteiger partial charge is 0.224 e. The van der Waals surface area contributed by atoms with Gasteiger partial charge in [-0.3, -0.25) is 4.79 Å². The Morgan fingerprint density at radius 2 is 2.11 bits per heavy atom. The summed E-state index contributed by atoms with van der Waals surface area (Å²) < 4.78 is 5.72. The summed E-state index contributed by atoms with van der Waals surface area (Å²) in [4.78, 5) is 12.1. The van der Waals surface area contributed by atoms with Crippen LogP contribution in [0.4, 0.5) is 5.69 Å². The van der Waals surface area contributed by atoms with Crippen LogP contribution in [0.3, 0.4) is 0 Å². The number of benzene rings is 1. The number of carbonyl (C=O) groups excluding carboxylic acids is 1. The SMILES string of the molecule is Nc1ccccc1CC(=O)NC1CCOC1C1CC1. The molecule has 2 atom stereocenters. The molecule has 1 saturated heterocycles. The standard InChI is InChI=1S/C15H20N2O2/c16-12-4-2-1-3-11(12)9-14(18)17-13-7-8-19-15(13)10-5-6-10/h1-4,10,13,15H,5-9,16H2,(H,17,18). The molecular formula is C15H20N2O2. The fourth-order valence-corrected chi connectivity index (χ4v) is 2.78. The van der Waals surface area contributed by atoms with Gasteiger partial charge in [0.1, 0.15) is 0 Å². The van der Waals surface area contributed by atoms with Gasteiger partial charge >= 0.3 is 0 Å². The molecule has 4 nitrogen and oxygen atoms in total. The maximum absolute atomic E-state index is 12.1. The summed E-state index contributed by atoms with van der Waals surface area (Å²) in [5.74, 6) is 0.702. The van der Waals surface area contributed by atoms with E-state index in [1.807, 2.05) is 24.3 Å². The Balaban J connectivity index is 1.57. The zero-order valence-electron chi connectivity index (χ0n) is 11.0. The molecule has 1 heterocycles. The van der Waals surface area contributed by atoms with Gasteiger partial charge in [-0.1, -0.05) is 18.2 Å². The van der Waals surface area contributed by atoms with E-state index in [-0.39, 0.29) is 18.1 Å². The Kier molecular flexibility index (Phi) is 3.42. The number of nitrogens with one attached hydrogen (secondary N) is 1. The van der Waals surface area contributed by atoms with Crippen molar-refractivity contribution in [3.8, 4) is 0 Å². The van der Waals surface area contributed by atoms with E-state index in [9.17, 15) is 4.79 Å². The maximum atomic E-state index is 12.1. The fourth-order valence-electron chi connectivity index (χ4n) is 2.78. The summed E-state index contributed by atoms with van der Waals surface area (Å²) in [6.07, 6.45) is 3.99. The van der Waals surface area contributed by atoms with Gasteiger partial charge in [-0.2, -0.15) is 0 Å². The van der Waals surface area contributed by atoms with Crippen LogP contribution in [0.2, 0.25) is 0 Å². The number of hydrogen-bond donors (Lipinski definition) is 2.